The van der Waals surface area contributed by atoms with Gasteiger partial charge in [0.1, 0.15) is 22.3 Å². The molecule has 180 valence electrons. The summed E-state index contributed by atoms with van der Waals surface area (Å²) in [5.74, 6) is 0. The van der Waals surface area contributed by atoms with E-state index in [-0.39, 0.29) is 0 Å². The number of anilines is 3. The highest BCUT2D eigenvalue weighted by atomic mass is 16.3. The lowest BCUT2D eigenvalue weighted by atomic mass is 10.1. The summed E-state index contributed by atoms with van der Waals surface area (Å²) in [7, 11) is 0. The summed E-state index contributed by atoms with van der Waals surface area (Å²) in [4.78, 5) is 2.07. The highest BCUT2D eigenvalue weighted by molar-refractivity contribution is 6.08. The minimum atomic E-state index is 0.544. The molecular formula is C33H16N4O2. The molecule has 6 nitrogen and oxygen atoms in total. The van der Waals surface area contributed by atoms with Crippen molar-refractivity contribution in [3.05, 3.63) is 114 Å². The molecule has 0 aliphatic heterocycles. The molecule has 39 heavy (non-hydrogen) atoms. The fourth-order valence-electron chi connectivity index (χ4n) is 5.08. The summed E-state index contributed by atoms with van der Waals surface area (Å²) in [6.45, 7) is 0. The molecule has 0 atom stereocenters. The van der Waals surface area contributed by atoms with E-state index in [2.05, 4.69) is 23.1 Å². The molecule has 0 fully saturated rings. The number of fused-ring (bicyclic) bond motifs is 6. The van der Waals surface area contributed by atoms with Gasteiger partial charge in [-0.3, -0.25) is 0 Å². The molecule has 6 heteroatoms. The van der Waals surface area contributed by atoms with Crippen molar-refractivity contribution in [2.45, 2.75) is 0 Å². The summed E-state index contributed by atoms with van der Waals surface area (Å²) in [6.07, 6.45) is 0. The normalized spacial score (nSPS) is 11.0. The zero-order valence-electron chi connectivity index (χ0n) is 20.3. The summed E-state index contributed by atoms with van der Waals surface area (Å²) < 4.78 is 12.3. The average molecular weight is 501 g/mol. The number of benzene rings is 5. The van der Waals surface area contributed by atoms with Gasteiger partial charge in [-0.05, 0) is 84.9 Å². The summed E-state index contributed by atoms with van der Waals surface area (Å²) in [6, 6.07) is 36.8. The van der Waals surface area contributed by atoms with Gasteiger partial charge in [0, 0.05) is 50.7 Å². The first-order valence-electron chi connectivity index (χ1n) is 12.2. The van der Waals surface area contributed by atoms with E-state index < -0.39 is 0 Å². The van der Waals surface area contributed by atoms with Gasteiger partial charge in [-0.2, -0.15) is 15.8 Å². The summed E-state index contributed by atoms with van der Waals surface area (Å²) >= 11 is 0. The van der Waals surface area contributed by atoms with E-state index in [1.165, 1.54) is 0 Å². The maximum absolute atomic E-state index is 9.32. The van der Waals surface area contributed by atoms with Gasteiger partial charge in [0.2, 0.25) is 0 Å². The van der Waals surface area contributed by atoms with E-state index >= 15 is 0 Å². The Hall–Kier alpha value is -6.03. The standard InChI is InChI=1S/C33H16N4O2/c34-17-20-1-5-23(6-2-20)37(24-7-11-28-26-9-3-21(18-35)13-30(26)38-32(28)15-24)25-8-12-29-27-10-4-22(19-36)14-31(27)39-33(29)16-25/h1-16H. The van der Waals surface area contributed by atoms with Crippen molar-refractivity contribution in [1.29, 1.82) is 15.8 Å². The lowest BCUT2D eigenvalue weighted by Gasteiger charge is -2.25. The Kier molecular flexibility index (Phi) is 4.85. The second-order valence-corrected chi connectivity index (χ2v) is 9.20. The van der Waals surface area contributed by atoms with Crippen LogP contribution in [0, 0.1) is 34.0 Å². The minimum Gasteiger partial charge on any atom is -0.456 e. The van der Waals surface area contributed by atoms with E-state index in [1.54, 1.807) is 36.4 Å². The molecule has 0 unspecified atom stereocenters. The van der Waals surface area contributed by atoms with Crippen LogP contribution in [0.2, 0.25) is 0 Å². The fraction of sp³-hybridized carbons (Fsp3) is 0. The van der Waals surface area contributed by atoms with Crippen molar-refractivity contribution >= 4 is 60.9 Å². The Morgan fingerprint density at radius 2 is 0.769 bits per heavy atom. The first-order chi connectivity index (χ1) is 19.1. The number of nitriles is 3. The van der Waals surface area contributed by atoms with Gasteiger partial charge in [0.25, 0.3) is 0 Å². The predicted molar refractivity (Wildman–Crippen MR) is 150 cm³/mol. The van der Waals surface area contributed by atoms with E-state index in [4.69, 9.17) is 8.83 Å². The lowest BCUT2D eigenvalue weighted by molar-refractivity contribution is 0.669. The van der Waals surface area contributed by atoms with E-state index in [9.17, 15) is 15.8 Å². The first-order valence-corrected chi connectivity index (χ1v) is 12.2. The zero-order valence-corrected chi connectivity index (χ0v) is 20.3. The molecule has 0 saturated heterocycles. The van der Waals surface area contributed by atoms with E-state index in [1.807, 2.05) is 60.7 Å². The zero-order chi connectivity index (χ0) is 26.5. The molecule has 0 radical (unpaired) electrons. The van der Waals surface area contributed by atoms with Crippen LogP contribution in [0.25, 0.3) is 43.9 Å². The molecule has 5 aromatic carbocycles. The van der Waals surface area contributed by atoms with Crippen LogP contribution >= 0.6 is 0 Å². The van der Waals surface area contributed by atoms with Crippen LogP contribution in [-0.4, -0.2) is 0 Å². The second kappa shape index (κ2) is 8.53. The Morgan fingerprint density at radius 3 is 1.21 bits per heavy atom. The molecule has 7 aromatic rings. The largest absolute Gasteiger partial charge is 0.456 e. The third-order valence-corrected chi connectivity index (χ3v) is 6.94. The first kappa shape index (κ1) is 22.2. The number of furan rings is 2. The highest BCUT2D eigenvalue weighted by Gasteiger charge is 2.18. The van der Waals surface area contributed by atoms with E-state index in [0.717, 1.165) is 38.6 Å². The second-order valence-electron chi connectivity index (χ2n) is 9.20. The van der Waals surface area contributed by atoms with Crippen molar-refractivity contribution in [2.24, 2.45) is 0 Å². The average Bonchev–Trinajstić information content (AvgIpc) is 3.53. The van der Waals surface area contributed by atoms with Gasteiger partial charge in [-0.1, -0.05) is 0 Å². The maximum Gasteiger partial charge on any atom is 0.137 e. The Balaban J connectivity index is 1.42. The molecule has 2 aromatic heterocycles. The van der Waals surface area contributed by atoms with Crippen LogP contribution in [0.5, 0.6) is 0 Å². The molecule has 7 rings (SSSR count). The van der Waals surface area contributed by atoms with Crippen molar-refractivity contribution < 1.29 is 8.83 Å². The molecule has 0 amide bonds. The van der Waals surface area contributed by atoms with E-state index in [0.29, 0.717) is 39.0 Å². The molecule has 0 aliphatic carbocycles. The Morgan fingerprint density at radius 1 is 0.410 bits per heavy atom. The quantitative estimate of drug-likeness (QED) is 0.241. The van der Waals surface area contributed by atoms with Crippen molar-refractivity contribution in [3.63, 3.8) is 0 Å². The van der Waals surface area contributed by atoms with Gasteiger partial charge in [-0.15, -0.1) is 0 Å². The summed E-state index contributed by atoms with van der Waals surface area (Å²) in [5.41, 5.74) is 6.94. The van der Waals surface area contributed by atoms with Gasteiger partial charge in [0.15, 0.2) is 0 Å². The van der Waals surface area contributed by atoms with Gasteiger partial charge in [-0.25, -0.2) is 0 Å². The number of hydrogen-bond donors (Lipinski definition) is 0. The topological polar surface area (TPSA) is 101 Å². The molecule has 0 saturated carbocycles. The molecule has 0 N–H and O–H groups in total. The highest BCUT2D eigenvalue weighted by Crippen LogP contribution is 2.40. The Labute approximate surface area is 222 Å². The Bertz CT molecular complexity index is 2090. The predicted octanol–water partition coefficient (Wildman–Crippen LogP) is 8.57. The molecule has 0 aliphatic rings. The van der Waals surface area contributed by atoms with Crippen LogP contribution in [-0.2, 0) is 0 Å². The van der Waals surface area contributed by atoms with Gasteiger partial charge < -0.3 is 13.7 Å². The van der Waals surface area contributed by atoms with Crippen molar-refractivity contribution in [2.75, 3.05) is 4.90 Å². The number of hydrogen-bond acceptors (Lipinski definition) is 6. The van der Waals surface area contributed by atoms with Gasteiger partial charge in [0.05, 0.1) is 34.9 Å². The minimum absolute atomic E-state index is 0.544. The SMILES string of the molecule is N#Cc1ccc(N(c2ccc3c(c2)oc2cc(C#N)ccc23)c2ccc3c(c2)oc2cc(C#N)ccc23)cc1. The third-order valence-electron chi connectivity index (χ3n) is 6.94. The van der Waals surface area contributed by atoms with Crippen LogP contribution in [0.15, 0.2) is 106 Å². The van der Waals surface area contributed by atoms with Crippen LogP contribution in [0.4, 0.5) is 17.1 Å². The van der Waals surface area contributed by atoms with Crippen molar-refractivity contribution in [1.82, 2.24) is 0 Å². The molecule has 0 bridgehead atoms. The smallest absolute Gasteiger partial charge is 0.137 e. The van der Waals surface area contributed by atoms with Crippen molar-refractivity contribution in [3.8, 4) is 18.2 Å². The summed E-state index contributed by atoms with van der Waals surface area (Å²) in [5, 5.41) is 31.7. The van der Waals surface area contributed by atoms with Crippen LogP contribution in [0.3, 0.4) is 0 Å². The van der Waals surface area contributed by atoms with Crippen LogP contribution in [0.1, 0.15) is 16.7 Å². The number of nitrogens with zero attached hydrogens (tertiary/aromatic N) is 4. The maximum atomic E-state index is 9.32. The van der Waals surface area contributed by atoms with Crippen LogP contribution < -0.4 is 4.90 Å². The molecular weight excluding hydrogens is 484 g/mol. The fourth-order valence-corrected chi connectivity index (χ4v) is 5.08. The molecule has 0 spiro atoms. The third kappa shape index (κ3) is 3.55. The monoisotopic (exact) mass is 500 g/mol. The number of rotatable bonds is 3. The van der Waals surface area contributed by atoms with Gasteiger partial charge >= 0.3 is 0 Å². The lowest BCUT2D eigenvalue weighted by Crippen LogP contribution is -2.09. The molecule has 2 heterocycles.